The smallest absolute Gasteiger partial charge is 0.307 e. The Hall–Kier alpha value is -1.51. The molecule has 2 fully saturated rings. The van der Waals surface area contributed by atoms with E-state index in [0.717, 1.165) is 24.9 Å². The molecule has 0 amide bonds. The van der Waals surface area contributed by atoms with Crippen LogP contribution in [0.4, 0.5) is 0 Å². The lowest BCUT2D eigenvalue weighted by molar-refractivity contribution is -0.223. The first-order valence-electron chi connectivity index (χ1n) is 11.0. The number of rotatable bonds is 11. The first-order chi connectivity index (χ1) is 14.4. The van der Waals surface area contributed by atoms with Gasteiger partial charge in [-0.2, -0.15) is 0 Å². The molecule has 5 atom stereocenters. The van der Waals surface area contributed by atoms with Gasteiger partial charge in [0.25, 0.3) is 0 Å². The topological polar surface area (TPSA) is 75.3 Å². The van der Waals surface area contributed by atoms with Gasteiger partial charge in [-0.3, -0.25) is 4.79 Å². The molecular formula is C23H35NO6. The Labute approximate surface area is 179 Å². The minimum atomic E-state index is -0.735. The molecule has 0 saturated carbocycles. The summed E-state index contributed by atoms with van der Waals surface area (Å²) in [5.41, 5.74) is 1.07. The Bertz CT molecular complexity index is 667. The van der Waals surface area contributed by atoms with Crippen molar-refractivity contribution in [3.05, 3.63) is 35.9 Å². The van der Waals surface area contributed by atoms with E-state index in [1.54, 1.807) is 0 Å². The van der Waals surface area contributed by atoms with Crippen molar-refractivity contribution in [2.75, 3.05) is 13.2 Å². The van der Waals surface area contributed by atoms with Crippen LogP contribution in [0.15, 0.2) is 30.3 Å². The predicted octanol–water partition coefficient (Wildman–Crippen LogP) is 3.16. The molecule has 2 aliphatic rings. The van der Waals surface area contributed by atoms with Crippen molar-refractivity contribution in [3.8, 4) is 0 Å². The van der Waals surface area contributed by atoms with Gasteiger partial charge in [0.1, 0.15) is 18.3 Å². The fourth-order valence-corrected chi connectivity index (χ4v) is 3.95. The highest BCUT2D eigenvalue weighted by Gasteiger charge is 2.57. The van der Waals surface area contributed by atoms with Crippen LogP contribution in [0.25, 0.3) is 0 Å². The zero-order chi connectivity index (χ0) is 21.6. The van der Waals surface area contributed by atoms with Crippen LogP contribution in [0.5, 0.6) is 0 Å². The number of hydrogen-bond acceptors (Lipinski definition) is 7. The van der Waals surface area contributed by atoms with E-state index in [1.807, 2.05) is 51.1 Å². The van der Waals surface area contributed by atoms with E-state index in [1.165, 1.54) is 0 Å². The Kier molecular flexibility index (Phi) is 8.25. The molecule has 1 aromatic carbocycles. The fourth-order valence-electron chi connectivity index (χ4n) is 3.95. The molecule has 0 radical (unpaired) electrons. The summed E-state index contributed by atoms with van der Waals surface area (Å²) >= 11 is 0. The fraction of sp³-hybridized carbons (Fsp3) is 0.696. The molecule has 30 heavy (non-hydrogen) atoms. The van der Waals surface area contributed by atoms with Crippen molar-refractivity contribution in [1.82, 2.24) is 5.32 Å². The van der Waals surface area contributed by atoms with E-state index in [4.69, 9.17) is 23.7 Å². The molecule has 1 aromatic rings. The van der Waals surface area contributed by atoms with Crippen LogP contribution in [-0.2, 0) is 35.1 Å². The average molecular weight is 422 g/mol. The van der Waals surface area contributed by atoms with Gasteiger partial charge in [0.2, 0.25) is 0 Å². The summed E-state index contributed by atoms with van der Waals surface area (Å²) in [4.78, 5) is 12.3. The van der Waals surface area contributed by atoms with Gasteiger partial charge in [-0.1, -0.05) is 43.7 Å². The first-order valence-corrected chi connectivity index (χ1v) is 11.0. The summed E-state index contributed by atoms with van der Waals surface area (Å²) < 4.78 is 29.8. The quantitative estimate of drug-likeness (QED) is 0.434. The number of carbonyl (C=O) groups is 1. The minimum absolute atomic E-state index is 0.205. The summed E-state index contributed by atoms with van der Waals surface area (Å²) in [6, 6.07) is 9.74. The molecule has 1 N–H and O–H groups in total. The molecule has 2 saturated heterocycles. The van der Waals surface area contributed by atoms with E-state index in [9.17, 15) is 4.79 Å². The van der Waals surface area contributed by atoms with Gasteiger partial charge in [0, 0.05) is 6.04 Å². The average Bonchev–Trinajstić information content (AvgIpc) is 3.18. The van der Waals surface area contributed by atoms with E-state index < -0.39 is 12.1 Å². The van der Waals surface area contributed by atoms with E-state index in [0.29, 0.717) is 13.2 Å². The van der Waals surface area contributed by atoms with Crippen LogP contribution >= 0.6 is 0 Å². The van der Waals surface area contributed by atoms with Gasteiger partial charge in [0.15, 0.2) is 12.1 Å². The van der Waals surface area contributed by atoms with Crippen molar-refractivity contribution < 1.29 is 28.5 Å². The van der Waals surface area contributed by atoms with Crippen molar-refractivity contribution in [2.24, 2.45) is 0 Å². The second kappa shape index (κ2) is 10.7. The molecule has 2 aliphatic heterocycles. The Morgan fingerprint density at radius 2 is 1.97 bits per heavy atom. The van der Waals surface area contributed by atoms with E-state index in [2.05, 4.69) is 12.2 Å². The largest absolute Gasteiger partial charge is 0.466 e. The minimum Gasteiger partial charge on any atom is -0.466 e. The van der Waals surface area contributed by atoms with Crippen molar-refractivity contribution in [2.45, 2.75) is 90.0 Å². The molecule has 0 aromatic heterocycles. The van der Waals surface area contributed by atoms with E-state index >= 15 is 0 Å². The molecule has 7 heteroatoms. The molecule has 3 rings (SSSR count). The van der Waals surface area contributed by atoms with Crippen LogP contribution in [0.1, 0.15) is 52.5 Å². The Balaban J connectivity index is 1.75. The lowest BCUT2D eigenvalue weighted by Gasteiger charge is -2.31. The van der Waals surface area contributed by atoms with Gasteiger partial charge in [-0.15, -0.1) is 0 Å². The van der Waals surface area contributed by atoms with Gasteiger partial charge in [0.05, 0.1) is 19.6 Å². The number of nitrogens with one attached hydrogen (secondary N) is 1. The number of benzene rings is 1. The molecule has 0 unspecified atom stereocenters. The Morgan fingerprint density at radius 3 is 2.67 bits per heavy atom. The third kappa shape index (κ3) is 6.02. The molecule has 0 spiro atoms. The van der Waals surface area contributed by atoms with Crippen molar-refractivity contribution >= 4 is 5.97 Å². The number of hydrogen-bond donors (Lipinski definition) is 1. The van der Waals surface area contributed by atoms with E-state index in [-0.39, 0.29) is 36.7 Å². The maximum atomic E-state index is 12.3. The molecule has 168 valence electrons. The number of fused-ring (bicyclic) bond motifs is 1. The first kappa shape index (κ1) is 23.2. The van der Waals surface area contributed by atoms with Crippen LogP contribution in [-0.4, -0.2) is 55.6 Å². The molecule has 0 aliphatic carbocycles. The van der Waals surface area contributed by atoms with Crippen molar-refractivity contribution in [3.63, 3.8) is 0 Å². The highest BCUT2D eigenvalue weighted by atomic mass is 16.8. The number of unbranched alkanes of at least 4 members (excludes halogenated alkanes) is 1. The maximum absolute atomic E-state index is 12.3. The monoisotopic (exact) mass is 421 g/mol. The summed E-state index contributed by atoms with van der Waals surface area (Å²) in [7, 11) is 0. The third-order valence-electron chi connectivity index (χ3n) is 5.34. The molecular weight excluding hydrogens is 386 g/mol. The lowest BCUT2D eigenvalue weighted by Crippen LogP contribution is -2.50. The van der Waals surface area contributed by atoms with Gasteiger partial charge in [-0.25, -0.2) is 0 Å². The van der Waals surface area contributed by atoms with Gasteiger partial charge >= 0.3 is 5.97 Å². The number of carbonyl (C=O) groups excluding carboxylic acids is 1. The highest BCUT2D eigenvalue weighted by molar-refractivity contribution is 5.70. The molecule has 0 bridgehead atoms. The SMILES string of the molecule is CCCCN[C@@H](CC(=O)OCC)[C@H]1O[C@@H]2OC(C)(C)O[C@@H]2[C@H]1OCc1ccccc1. The highest BCUT2D eigenvalue weighted by Crippen LogP contribution is 2.40. The molecule has 7 nitrogen and oxygen atoms in total. The second-order valence-electron chi connectivity index (χ2n) is 8.25. The number of esters is 1. The summed E-state index contributed by atoms with van der Waals surface area (Å²) in [6.07, 6.45) is 0.635. The van der Waals surface area contributed by atoms with Crippen molar-refractivity contribution in [1.29, 1.82) is 0 Å². The summed E-state index contributed by atoms with van der Waals surface area (Å²) in [6.45, 7) is 9.25. The predicted molar refractivity (Wildman–Crippen MR) is 112 cm³/mol. The summed E-state index contributed by atoms with van der Waals surface area (Å²) in [5.74, 6) is -0.989. The second-order valence-corrected chi connectivity index (χ2v) is 8.25. The normalized spacial score (nSPS) is 28.3. The van der Waals surface area contributed by atoms with Crippen LogP contribution in [0.2, 0.25) is 0 Å². The third-order valence-corrected chi connectivity index (χ3v) is 5.34. The van der Waals surface area contributed by atoms with Crippen LogP contribution in [0.3, 0.4) is 0 Å². The zero-order valence-electron chi connectivity index (χ0n) is 18.5. The van der Waals surface area contributed by atoms with Crippen LogP contribution < -0.4 is 5.32 Å². The van der Waals surface area contributed by atoms with Gasteiger partial charge in [-0.05, 0) is 39.3 Å². The zero-order valence-corrected chi connectivity index (χ0v) is 18.5. The number of ether oxygens (including phenoxy) is 5. The lowest BCUT2D eigenvalue weighted by atomic mass is 10.00. The van der Waals surface area contributed by atoms with Crippen LogP contribution in [0, 0.1) is 0 Å². The Morgan fingerprint density at radius 1 is 1.20 bits per heavy atom. The standard InChI is InChI=1S/C23H35NO6/c1-5-7-13-24-17(14-18(25)26-6-2)19-20(27-15-16-11-9-8-10-12-16)21-22(28-19)30-23(3,4)29-21/h8-12,17,19-22,24H,5-7,13-15H2,1-4H3/t17-,19+,20-,21+,22+/m0/s1. The maximum Gasteiger partial charge on any atom is 0.307 e. The van der Waals surface area contributed by atoms with Gasteiger partial charge < -0.3 is 29.0 Å². The molecule has 2 heterocycles. The summed E-state index contributed by atoms with van der Waals surface area (Å²) in [5, 5.41) is 3.47.